The SMILES string of the molecule is Cn1nc(-c2cccc(CNS(=O)(=O)OC(=O)NC(C)(C)C)c2)c2ccccc2c1=O. The maximum atomic E-state index is 12.3. The number of aryl methyl sites for hydroxylation is 1. The van der Waals surface area contributed by atoms with Gasteiger partial charge in [0, 0.05) is 30.1 Å². The number of nitrogens with zero attached hydrogens (tertiary/aromatic N) is 2. The van der Waals surface area contributed by atoms with E-state index in [1.807, 2.05) is 18.2 Å². The van der Waals surface area contributed by atoms with Gasteiger partial charge < -0.3 is 9.50 Å². The molecule has 0 aliphatic rings. The van der Waals surface area contributed by atoms with E-state index in [-0.39, 0.29) is 12.1 Å². The van der Waals surface area contributed by atoms with E-state index >= 15 is 0 Å². The van der Waals surface area contributed by atoms with Crippen molar-refractivity contribution in [3.05, 3.63) is 64.4 Å². The molecule has 10 heteroatoms. The number of hydrogen-bond acceptors (Lipinski definition) is 6. The maximum absolute atomic E-state index is 12.3. The zero-order chi connectivity index (χ0) is 22.8. The van der Waals surface area contributed by atoms with Gasteiger partial charge in [0.25, 0.3) is 5.56 Å². The van der Waals surface area contributed by atoms with E-state index < -0.39 is 21.9 Å². The minimum absolute atomic E-state index is 0.0946. The van der Waals surface area contributed by atoms with Crippen LogP contribution in [0, 0.1) is 0 Å². The Morgan fingerprint density at radius 3 is 2.45 bits per heavy atom. The summed E-state index contributed by atoms with van der Waals surface area (Å²) < 4.78 is 32.1. The number of hydrogen-bond donors (Lipinski definition) is 2. The highest BCUT2D eigenvalue weighted by Gasteiger charge is 2.21. The first-order valence-electron chi connectivity index (χ1n) is 9.52. The summed E-state index contributed by atoms with van der Waals surface area (Å²) in [5, 5.41) is 8.04. The summed E-state index contributed by atoms with van der Waals surface area (Å²) in [6, 6.07) is 14.2. The average molecular weight is 445 g/mol. The van der Waals surface area contributed by atoms with Crippen LogP contribution in [0.25, 0.3) is 22.0 Å². The van der Waals surface area contributed by atoms with Gasteiger partial charge in [-0.25, -0.2) is 9.48 Å². The van der Waals surface area contributed by atoms with Crippen molar-refractivity contribution in [2.24, 2.45) is 7.05 Å². The predicted octanol–water partition coefficient (Wildman–Crippen LogP) is 2.46. The van der Waals surface area contributed by atoms with Gasteiger partial charge in [-0.3, -0.25) is 4.79 Å². The van der Waals surface area contributed by atoms with Gasteiger partial charge in [-0.05, 0) is 38.5 Å². The molecule has 0 aliphatic carbocycles. The molecular weight excluding hydrogens is 420 g/mol. The van der Waals surface area contributed by atoms with Gasteiger partial charge in [0.2, 0.25) is 0 Å². The van der Waals surface area contributed by atoms with Crippen LogP contribution in [0.3, 0.4) is 0 Å². The predicted molar refractivity (Wildman–Crippen MR) is 118 cm³/mol. The summed E-state index contributed by atoms with van der Waals surface area (Å²) in [6.07, 6.45) is -1.06. The smallest absolute Gasteiger partial charge is 0.316 e. The molecular formula is C21H24N4O5S. The zero-order valence-electron chi connectivity index (χ0n) is 17.7. The van der Waals surface area contributed by atoms with Crippen molar-refractivity contribution in [1.29, 1.82) is 0 Å². The van der Waals surface area contributed by atoms with Crippen LogP contribution in [-0.2, 0) is 28.1 Å². The lowest BCUT2D eigenvalue weighted by Gasteiger charge is -2.19. The fourth-order valence-electron chi connectivity index (χ4n) is 2.97. The lowest BCUT2D eigenvalue weighted by atomic mass is 10.0. The number of carbonyl (C=O) groups excluding carboxylic acids is 1. The van der Waals surface area contributed by atoms with Gasteiger partial charge in [-0.1, -0.05) is 36.4 Å². The molecule has 0 saturated heterocycles. The van der Waals surface area contributed by atoms with Gasteiger partial charge in [0.15, 0.2) is 0 Å². The van der Waals surface area contributed by atoms with Crippen LogP contribution in [0.1, 0.15) is 26.3 Å². The van der Waals surface area contributed by atoms with E-state index in [2.05, 4.69) is 19.3 Å². The van der Waals surface area contributed by atoms with Crippen molar-refractivity contribution in [3.8, 4) is 11.3 Å². The van der Waals surface area contributed by atoms with E-state index in [0.717, 1.165) is 5.56 Å². The second kappa shape index (κ2) is 8.48. The van der Waals surface area contributed by atoms with E-state index in [1.54, 1.807) is 58.2 Å². The first-order chi connectivity index (χ1) is 14.5. The second-order valence-corrected chi connectivity index (χ2v) is 9.41. The fraction of sp³-hybridized carbons (Fsp3) is 0.286. The first kappa shape index (κ1) is 22.4. The fourth-order valence-corrected chi connectivity index (χ4v) is 3.61. The normalized spacial score (nSPS) is 12.0. The Morgan fingerprint density at radius 2 is 1.77 bits per heavy atom. The van der Waals surface area contributed by atoms with E-state index in [9.17, 15) is 18.0 Å². The Bertz CT molecular complexity index is 1290. The van der Waals surface area contributed by atoms with Crippen molar-refractivity contribution in [2.75, 3.05) is 0 Å². The molecule has 3 aromatic rings. The molecule has 0 atom stereocenters. The third-order valence-corrected chi connectivity index (χ3v) is 5.14. The topological polar surface area (TPSA) is 119 Å². The molecule has 0 bridgehead atoms. The number of amides is 1. The lowest BCUT2D eigenvalue weighted by molar-refractivity contribution is 0.192. The molecule has 1 heterocycles. The van der Waals surface area contributed by atoms with Crippen molar-refractivity contribution >= 4 is 27.2 Å². The Hall–Kier alpha value is -3.24. The third kappa shape index (κ3) is 5.68. The Kier molecular flexibility index (Phi) is 6.14. The highest BCUT2D eigenvalue weighted by Crippen LogP contribution is 2.25. The Balaban J connectivity index is 1.82. The summed E-state index contributed by atoms with van der Waals surface area (Å²) in [5.74, 6) is 0. The summed E-state index contributed by atoms with van der Waals surface area (Å²) in [7, 11) is -2.72. The van der Waals surface area contributed by atoms with Crippen LogP contribution in [0.15, 0.2) is 53.3 Å². The van der Waals surface area contributed by atoms with E-state index in [1.165, 1.54) is 4.68 Å². The Morgan fingerprint density at radius 1 is 1.10 bits per heavy atom. The summed E-state index contributed by atoms with van der Waals surface area (Å²) in [6.45, 7) is 5.02. The van der Waals surface area contributed by atoms with E-state index in [0.29, 0.717) is 22.0 Å². The monoisotopic (exact) mass is 444 g/mol. The number of carbonyl (C=O) groups is 1. The van der Waals surface area contributed by atoms with Crippen molar-refractivity contribution in [3.63, 3.8) is 0 Å². The molecule has 0 unspecified atom stereocenters. The lowest BCUT2D eigenvalue weighted by Crippen LogP contribution is -2.43. The number of aromatic nitrogens is 2. The molecule has 0 fully saturated rings. The standard InChI is InChI=1S/C21H24N4O5S/c1-21(2,3)23-20(27)30-31(28,29)22-13-14-8-7-9-15(12-14)18-16-10-5-6-11-17(16)19(26)25(4)24-18/h5-12,22H,13H2,1-4H3,(H,23,27). The van der Waals surface area contributed by atoms with Crippen LogP contribution in [0.5, 0.6) is 0 Å². The molecule has 1 aromatic heterocycles. The van der Waals surface area contributed by atoms with Gasteiger partial charge in [-0.15, -0.1) is 0 Å². The molecule has 2 N–H and O–H groups in total. The molecule has 164 valence electrons. The highest BCUT2D eigenvalue weighted by molar-refractivity contribution is 7.85. The van der Waals surface area contributed by atoms with Crippen LogP contribution in [0.4, 0.5) is 4.79 Å². The second-order valence-electron chi connectivity index (χ2n) is 8.04. The van der Waals surface area contributed by atoms with Crippen LogP contribution in [0.2, 0.25) is 0 Å². The molecule has 0 saturated carbocycles. The third-order valence-electron chi connectivity index (χ3n) is 4.27. The van der Waals surface area contributed by atoms with Gasteiger partial charge in [-0.2, -0.15) is 18.2 Å². The van der Waals surface area contributed by atoms with Crippen LogP contribution < -0.4 is 15.6 Å². The maximum Gasteiger partial charge on any atom is 0.424 e. The molecule has 9 nitrogen and oxygen atoms in total. The minimum atomic E-state index is -4.30. The Labute approximate surface area is 180 Å². The molecule has 3 rings (SSSR count). The summed E-state index contributed by atoms with van der Waals surface area (Å²) in [4.78, 5) is 24.1. The zero-order valence-corrected chi connectivity index (χ0v) is 18.5. The molecule has 0 radical (unpaired) electrons. The highest BCUT2D eigenvalue weighted by atomic mass is 32.2. The number of rotatable bonds is 5. The quantitative estimate of drug-likeness (QED) is 0.624. The average Bonchev–Trinajstić information content (AvgIpc) is 2.67. The van der Waals surface area contributed by atoms with Gasteiger partial charge in [0.1, 0.15) is 0 Å². The van der Waals surface area contributed by atoms with Crippen molar-refractivity contribution in [2.45, 2.75) is 32.9 Å². The van der Waals surface area contributed by atoms with Gasteiger partial charge in [0.05, 0.1) is 11.1 Å². The molecule has 0 spiro atoms. The minimum Gasteiger partial charge on any atom is -0.316 e. The number of fused-ring (bicyclic) bond motifs is 1. The van der Waals surface area contributed by atoms with Crippen molar-refractivity contribution < 1.29 is 17.4 Å². The summed E-state index contributed by atoms with van der Waals surface area (Å²) in [5.41, 5.74) is 1.11. The molecule has 2 aromatic carbocycles. The first-order valence-corrected chi connectivity index (χ1v) is 10.9. The number of nitrogens with one attached hydrogen (secondary N) is 2. The van der Waals surface area contributed by atoms with Gasteiger partial charge >= 0.3 is 16.4 Å². The summed E-state index contributed by atoms with van der Waals surface area (Å²) >= 11 is 0. The van der Waals surface area contributed by atoms with Crippen molar-refractivity contribution in [1.82, 2.24) is 19.8 Å². The van der Waals surface area contributed by atoms with E-state index in [4.69, 9.17) is 0 Å². The van der Waals surface area contributed by atoms with Crippen LogP contribution in [-0.4, -0.2) is 29.8 Å². The largest absolute Gasteiger partial charge is 0.424 e. The number of benzene rings is 2. The molecule has 31 heavy (non-hydrogen) atoms. The molecule has 1 amide bonds. The molecule has 0 aliphatic heterocycles. The van der Waals surface area contributed by atoms with Crippen LogP contribution >= 0.6 is 0 Å².